The van der Waals surface area contributed by atoms with E-state index in [0.29, 0.717) is 33.2 Å². The number of likely N-dealkylation sites (N-methyl/N-ethyl adjacent to an activating group) is 1. The highest BCUT2D eigenvalue weighted by Gasteiger charge is 2.28. The molecule has 146 valence electrons. The molecule has 1 fully saturated rings. The summed E-state index contributed by atoms with van der Waals surface area (Å²) < 4.78 is 12.2. The molecule has 1 aliphatic rings. The zero-order chi connectivity index (χ0) is 20.1. The van der Waals surface area contributed by atoms with Crippen molar-refractivity contribution in [2.75, 3.05) is 20.3 Å². The predicted molar refractivity (Wildman–Crippen MR) is 119 cm³/mol. The Kier molecular flexibility index (Phi) is 6.99. The molecule has 1 heterocycles. The van der Waals surface area contributed by atoms with Gasteiger partial charge in [0, 0.05) is 24.1 Å². The minimum Gasteiger partial charge on any atom is -0.493 e. The van der Waals surface area contributed by atoms with Crippen molar-refractivity contribution >= 4 is 51.9 Å². The van der Waals surface area contributed by atoms with Crippen LogP contribution in [0.25, 0.3) is 6.08 Å². The molecule has 3 rings (SSSR count). The van der Waals surface area contributed by atoms with Crippen LogP contribution in [0.2, 0.25) is 5.02 Å². The minimum absolute atomic E-state index is 0.118. The molecule has 0 unspecified atom stereocenters. The van der Waals surface area contributed by atoms with E-state index in [1.54, 1.807) is 25.3 Å². The molecule has 2 aromatic rings. The number of rotatable bonds is 7. The topological polar surface area (TPSA) is 38.8 Å². The van der Waals surface area contributed by atoms with E-state index in [9.17, 15) is 4.79 Å². The van der Waals surface area contributed by atoms with Gasteiger partial charge in [0.25, 0.3) is 5.91 Å². The number of halogens is 1. The Morgan fingerprint density at radius 2 is 1.96 bits per heavy atom. The summed E-state index contributed by atoms with van der Waals surface area (Å²) in [6.07, 6.45) is 2.50. The lowest BCUT2D eigenvalue weighted by atomic mass is 10.2. The highest BCUT2D eigenvalue weighted by Crippen LogP contribution is 2.34. The largest absolute Gasteiger partial charge is 0.493 e. The minimum atomic E-state index is -0.118. The van der Waals surface area contributed by atoms with Crippen LogP contribution in [0.4, 0.5) is 0 Å². The molecule has 0 radical (unpaired) electrons. The summed E-state index contributed by atoms with van der Waals surface area (Å²) in [4.78, 5) is 14.2. The molecule has 1 aliphatic heterocycles. The summed E-state index contributed by atoms with van der Waals surface area (Å²) in [7, 11) is 1.67. The number of thiocarbonyl (C=S) groups is 1. The molecule has 0 aliphatic carbocycles. The van der Waals surface area contributed by atoms with E-state index >= 15 is 0 Å². The molecule has 4 nitrogen and oxygen atoms in total. The molecule has 28 heavy (non-hydrogen) atoms. The fraction of sp³-hybridized carbons (Fsp3) is 0.238. The van der Waals surface area contributed by atoms with Crippen molar-refractivity contribution in [3.63, 3.8) is 0 Å². The van der Waals surface area contributed by atoms with Crippen molar-refractivity contribution in [2.45, 2.75) is 13.3 Å². The highest BCUT2D eigenvalue weighted by molar-refractivity contribution is 8.26. The van der Waals surface area contributed by atoms with Crippen molar-refractivity contribution in [2.24, 2.45) is 0 Å². The van der Waals surface area contributed by atoms with Gasteiger partial charge in [-0.3, -0.25) is 9.69 Å². The number of carbonyl (C=O) groups excluding carboxylic acids is 1. The lowest BCUT2D eigenvalue weighted by Crippen LogP contribution is -2.22. The predicted octanol–water partition coefficient (Wildman–Crippen LogP) is 5.33. The van der Waals surface area contributed by atoms with Gasteiger partial charge in [-0.1, -0.05) is 47.7 Å². The smallest absolute Gasteiger partial charge is 0.265 e. The molecule has 7 heteroatoms. The fourth-order valence-electron chi connectivity index (χ4n) is 2.59. The van der Waals surface area contributed by atoms with Crippen LogP contribution >= 0.6 is 35.6 Å². The first kappa shape index (κ1) is 20.7. The van der Waals surface area contributed by atoms with E-state index in [2.05, 4.69) is 0 Å². The van der Waals surface area contributed by atoms with Gasteiger partial charge in [-0.2, -0.15) is 0 Å². The summed E-state index contributed by atoms with van der Waals surface area (Å²) in [5.74, 6) is 1.41. The Bertz CT molecular complexity index is 930. The van der Waals surface area contributed by atoms with Crippen molar-refractivity contribution in [3.8, 4) is 11.5 Å². The fourth-order valence-corrected chi connectivity index (χ4v) is 3.94. The average molecular weight is 434 g/mol. The van der Waals surface area contributed by atoms with Crippen LogP contribution in [0.1, 0.15) is 17.5 Å². The summed E-state index contributed by atoms with van der Waals surface area (Å²) in [5, 5.41) is 0.577. The number of nitrogens with zero attached hydrogens (tertiary/aromatic N) is 1. The van der Waals surface area contributed by atoms with Crippen molar-refractivity contribution in [1.82, 2.24) is 4.90 Å². The summed E-state index contributed by atoms with van der Waals surface area (Å²) in [5.41, 5.74) is 1.91. The lowest BCUT2D eigenvalue weighted by Gasteiger charge is -2.11. The second-order valence-electron chi connectivity index (χ2n) is 6.29. The first-order valence-corrected chi connectivity index (χ1v) is 10.4. The number of hydrogen-bond donors (Lipinski definition) is 0. The SMILES string of the molecule is Cc1cccc(OCCCOc2ccc(Cl)cc2/C=C2/SC(=S)N(C)C2=O)c1. The molecule has 1 amide bonds. The number of benzene rings is 2. The van der Waals surface area contributed by atoms with Crippen molar-refractivity contribution < 1.29 is 14.3 Å². The summed E-state index contributed by atoms with van der Waals surface area (Å²) in [6.45, 7) is 3.08. The zero-order valence-electron chi connectivity index (χ0n) is 15.6. The van der Waals surface area contributed by atoms with Crippen LogP contribution < -0.4 is 9.47 Å². The number of ether oxygens (including phenoxy) is 2. The van der Waals surface area contributed by atoms with Gasteiger partial charge >= 0.3 is 0 Å². The van der Waals surface area contributed by atoms with E-state index in [1.165, 1.54) is 16.7 Å². The molecule has 0 aromatic heterocycles. The Morgan fingerprint density at radius 1 is 1.18 bits per heavy atom. The Hall–Kier alpha value is -2.02. The number of carbonyl (C=O) groups is 1. The monoisotopic (exact) mass is 433 g/mol. The molecule has 0 spiro atoms. The van der Waals surface area contributed by atoms with Gasteiger partial charge in [0.1, 0.15) is 15.8 Å². The van der Waals surface area contributed by atoms with Gasteiger partial charge in [-0.25, -0.2) is 0 Å². The Morgan fingerprint density at radius 3 is 2.68 bits per heavy atom. The lowest BCUT2D eigenvalue weighted by molar-refractivity contribution is -0.121. The summed E-state index contributed by atoms with van der Waals surface area (Å²) >= 11 is 12.6. The average Bonchev–Trinajstić information content (AvgIpc) is 2.90. The van der Waals surface area contributed by atoms with E-state index in [1.807, 2.05) is 37.3 Å². The molecular formula is C21H20ClNO3S2. The van der Waals surface area contributed by atoms with Crippen LogP contribution in [-0.4, -0.2) is 35.4 Å². The number of amides is 1. The van der Waals surface area contributed by atoms with Crippen LogP contribution in [0, 0.1) is 6.92 Å². The molecule has 0 atom stereocenters. The van der Waals surface area contributed by atoms with E-state index in [0.717, 1.165) is 23.3 Å². The maximum atomic E-state index is 12.2. The van der Waals surface area contributed by atoms with Crippen LogP contribution in [0.15, 0.2) is 47.4 Å². The number of aryl methyl sites for hydroxylation is 1. The van der Waals surface area contributed by atoms with E-state index in [4.69, 9.17) is 33.3 Å². The normalized spacial score (nSPS) is 15.4. The standard InChI is InChI=1S/C21H20ClNO3S2/c1-14-5-3-6-17(11-14)25-9-4-10-26-18-8-7-16(22)12-15(18)13-19-20(24)23(2)21(27)28-19/h3,5-8,11-13H,4,9-10H2,1-2H3/b19-13+. The molecular weight excluding hydrogens is 414 g/mol. The third kappa shape index (κ3) is 5.28. The third-order valence-electron chi connectivity index (χ3n) is 4.05. The van der Waals surface area contributed by atoms with Gasteiger partial charge in [0.15, 0.2) is 0 Å². The Balaban J connectivity index is 1.60. The molecule has 0 bridgehead atoms. The van der Waals surface area contributed by atoms with Crippen LogP contribution in [0.5, 0.6) is 11.5 Å². The van der Waals surface area contributed by atoms with Gasteiger partial charge in [-0.05, 0) is 48.9 Å². The first-order valence-electron chi connectivity index (χ1n) is 8.77. The molecule has 2 aromatic carbocycles. The van der Waals surface area contributed by atoms with Crippen LogP contribution in [0.3, 0.4) is 0 Å². The molecule has 1 saturated heterocycles. The maximum Gasteiger partial charge on any atom is 0.265 e. The Labute approximate surface area is 179 Å². The maximum absolute atomic E-state index is 12.2. The van der Waals surface area contributed by atoms with E-state index < -0.39 is 0 Å². The van der Waals surface area contributed by atoms with Gasteiger partial charge < -0.3 is 9.47 Å². The summed E-state index contributed by atoms with van der Waals surface area (Å²) in [6, 6.07) is 13.3. The van der Waals surface area contributed by atoms with E-state index in [-0.39, 0.29) is 5.91 Å². The second kappa shape index (κ2) is 9.45. The van der Waals surface area contributed by atoms with Gasteiger partial charge in [0.05, 0.1) is 18.1 Å². The highest BCUT2D eigenvalue weighted by atomic mass is 35.5. The quantitative estimate of drug-likeness (QED) is 0.335. The number of thioether (sulfide) groups is 1. The second-order valence-corrected chi connectivity index (χ2v) is 8.40. The third-order valence-corrected chi connectivity index (χ3v) is 5.77. The number of hydrogen-bond acceptors (Lipinski definition) is 5. The molecule has 0 saturated carbocycles. The first-order chi connectivity index (χ1) is 13.4. The van der Waals surface area contributed by atoms with Crippen LogP contribution in [-0.2, 0) is 4.79 Å². The zero-order valence-corrected chi connectivity index (χ0v) is 18.0. The van der Waals surface area contributed by atoms with Gasteiger partial charge in [-0.15, -0.1) is 0 Å². The molecule has 0 N–H and O–H groups in total. The van der Waals surface area contributed by atoms with Crippen molar-refractivity contribution in [3.05, 3.63) is 63.5 Å². The van der Waals surface area contributed by atoms with Crippen molar-refractivity contribution in [1.29, 1.82) is 0 Å². The van der Waals surface area contributed by atoms with Gasteiger partial charge in [0.2, 0.25) is 0 Å².